The second-order valence-electron chi connectivity index (χ2n) is 4.78. The largest absolute Gasteiger partial charge is 0.491 e. The van der Waals surface area contributed by atoms with Crippen molar-refractivity contribution in [3.05, 3.63) is 54.6 Å². The highest BCUT2D eigenvalue weighted by Crippen LogP contribution is 2.22. The van der Waals surface area contributed by atoms with Crippen molar-refractivity contribution in [2.75, 3.05) is 4.72 Å². The van der Waals surface area contributed by atoms with E-state index < -0.39 is 10.0 Å². The summed E-state index contributed by atoms with van der Waals surface area (Å²) < 4.78 is 32.7. The Morgan fingerprint density at radius 2 is 1.81 bits per heavy atom. The minimum absolute atomic E-state index is 0.0889. The first-order valence-corrected chi connectivity index (χ1v) is 8.34. The van der Waals surface area contributed by atoms with Crippen LogP contribution in [0, 0.1) is 0 Å². The number of ether oxygens (including phenoxy) is 1. The summed E-state index contributed by atoms with van der Waals surface area (Å²) in [6, 6.07) is 15.2. The van der Waals surface area contributed by atoms with Gasteiger partial charge in [-0.3, -0.25) is 4.72 Å². The molecule has 0 aliphatic carbocycles. The minimum atomic E-state index is -3.57. The third-order valence-corrected chi connectivity index (χ3v) is 4.45. The van der Waals surface area contributed by atoms with Crippen molar-refractivity contribution >= 4 is 15.7 Å². The van der Waals surface area contributed by atoms with Gasteiger partial charge in [-0.2, -0.15) is 0 Å². The Balaban J connectivity index is 2.18. The Morgan fingerprint density at radius 3 is 2.48 bits per heavy atom. The number of benzene rings is 2. The molecule has 0 radical (unpaired) electrons. The molecule has 0 saturated carbocycles. The van der Waals surface area contributed by atoms with E-state index in [4.69, 9.17) is 4.74 Å². The van der Waals surface area contributed by atoms with Crippen molar-refractivity contribution in [2.45, 2.75) is 31.3 Å². The smallest absolute Gasteiger partial charge is 0.261 e. The number of anilines is 1. The molecule has 0 aliphatic heterocycles. The van der Waals surface area contributed by atoms with E-state index in [1.54, 1.807) is 48.5 Å². The van der Waals surface area contributed by atoms with Gasteiger partial charge < -0.3 is 4.74 Å². The average molecular weight is 305 g/mol. The van der Waals surface area contributed by atoms with Gasteiger partial charge in [0.2, 0.25) is 0 Å². The third kappa shape index (κ3) is 4.23. The van der Waals surface area contributed by atoms with Gasteiger partial charge in [0, 0.05) is 6.07 Å². The van der Waals surface area contributed by atoms with Crippen LogP contribution in [0.25, 0.3) is 0 Å². The van der Waals surface area contributed by atoms with Crippen LogP contribution in [0.1, 0.15) is 20.3 Å². The molecule has 0 heterocycles. The summed E-state index contributed by atoms with van der Waals surface area (Å²) in [5.74, 6) is 0.651. The normalized spacial score (nSPS) is 12.7. The predicted molar refractivity (Wildman–Crippen MR) is 84.1 cm³/mol. The van der Waals surface area contributed by atoms with E-state index in [-0.39, 0.29) is 11.0 Å². The van der Waals surface area contributed by atoms with Gasteiger partial charge in [-0.1, -0.05) is 31.2 Å². The summed E-state index contributed by atoms with van der Waals surface area (Å²) in [6.07, 6.45) is 0.978. The fourth-order valence-electron chi connectivity index (χ4n) is 1.76. The highest BCUT2D eigenvalue weighted by Gasteiger charge is 2.13. The zero-order valence-electron chi connectivity index (χ0n) is 12.1. The fraction of sp³-hybridized carbons (Fsp3) is 0.250. The molecular formula is C16H19NO3S. The first kappa shape index (κ1) is 15.4. The molecule has 112 valence electrons. The molecule has 2 aromatic rings. The van der Waals surface area contributed by atoms with Gasteiger partial charge >= 0.3 is 0 Å². The number of hydrogen-bond acceptors (Lipinski definition) is 3. The number of sulfonamides is 1. The van der Waals surface area contributed by atoms with Gasteiger partial charge in [0.15, 0.2) is 0 Å². The second-order valence-corrected chi connectivity index (χ2v) is 6.47. The van der Waals surface area contributed by atoms with Gasteiger partial charge in [0.25, 0.3) is 10.0 Å². The maximum atomic E-state index is 12.2. The highest BCUT2D eigenvalue weighted by molar-refractivity contribution is 7.92. The monoisotopic (exact) mass is 305 g/mol. The van der Waals surface area contributed by atoms with E-state index in [2.05, 4.69) is 4.72 Å². The topological polar surface area (TPSA) is 55.4 Å². The molecule has 4 nitrogen and oxygen atoms in total. The van der Waals surface area contributed by atoms with Crippen LogP contribution in [0.3, 0.4) is 0 Å². The lowest BCUT2D eigenvalue weighted by Gasteiger charge is -2.14. The Bertz CT molecular complexity index is 684. The molecule has 1 atom stereocenters. The van der Waals surface area contributed by atoms with E-state index in [9.17, 15) is 8.42 Å². The molecule has 0 aliphatic rings. The molecule has 1 unspecified atom stereocenters. The number of hydrogen-bond donors (Lipinski definition) is 1. The van der Waals surface area contributed by atoms with Gasteiger partial charge in [-0.15, -0.1) is 0 Å². The molecule has 0 amide bonds. The Hall–Kier alpha value is -2.01. The zero-order valence-corrected chi connectivity index (χ0v) is 12.9. The van der Waals surface area contributed by atoms with Crippen LogP contribution in [0.4, 0.5) is 5.69 Å². The first-order chi connectivity index (χ1) is 10.0. The molecule has 0 spiro atoms. The van der Waals surface area contributed by atoms with Crippen molar-refractivity contribution in [3.63, 3.8) is 0 Å². The van der Waals surface area contributed by atoms with Gasteiger partial charge in [-0.25, -0.2) is 8.42 Å². The van der Waals surface area contributed by atoms with Crippen LogP contribution in [0.5, 0.6) is 5.75 Å². The molecule has 0 bridgehead atoms. The molecule has 2 rings (SSSR count). The second kappa shape index (κ2) is 6.63. The molecule has 0 aromatic heterocycles. The summed E-state index contributed by atoms with van der Waals surface area (Å²) in [5, 5.41) is 0. The number of nitrogens with one attached hydrogen (secondary N) is 1. The predicted octanol–water partition coefficient (Wildman–Crippen LogP) is 3.66. The maximum absolute atomic E-state index is 12.2. The fourth-order valence-corrected chi connectivity index (χ4v) is 2.83. The Kier molecular flexibility index (Phi) is 4.85. The maximum Gasteiger partial charge on any atom is 0.261 e. The molecular weight excluding hydrogens is 286 g/mol. The van der Waals surface area contributed by atoms with Crippen molar-refractivity contribution in [3.8, 4) is 5.75 Å². The van der Waals surface area contributed by atoms with Crippen LogP contribution in [-0.2, 0) is 10.0 Å². The third-order valence-electron chi connectivity index (χ3n) is 3.05. The summed E-state index contributed by atoms with van der Waals surface area (Å²) in [4.78, 5) is 0.234. The zero-order chi connectivity index (χ0) is 15.3. The van der Waals surface area contributed by atoms with Gasteiger partial charge in [0.05, 0.1) is 16.7 Å². The lowest BCUT2D eigenvalue weighted by Crippen LogP contribution is -2.13. The van der Waals surface area contributed by atoms with E-state index in [1.807, 2.05) is 19.9 Å². The van der Waals surface area contributed by atoms with E-state index in [1.165, 1.54) is 0 Å². The van der Waals surface area contributed by atoms with Crippen LogP contribution in [-0.4, -0.2) is 14.5 Å². The number of rotatable bonds is 6. The summed E-state index contributed by atoms with van der Waals surface area (Å²) in [7, 11) is -3.57. The Labute approximate surface area is 125 Å². The quantitative estimate of drug-likeness (QED) is 0.886. The van der Waals surface area contributed by atoms with E-state index in [0.717, 1.165) is 6.42 Å². The van der Waals surface area contributed by atoms with Gasteiger partial charge in [0.1, 0.15) is 5.75 Å². The van der Waals surface area contributed by atoms with Crippen LogP contribution in [0.15, 0.2) is 59.5 Å². The standard InChI is InChI=1S/C16H19NO3S/c1-3-13(2)20-15-9-7-8-14(12-15)17-21(18,19)16-10-5-4-6-11-16/h4-13,17H,3H2,1-2H3. The van der Waals surface area contributed by atoms with Crippen molar-refractivity contribution in [1.82, 2.24) is 0 Å². The summed E-state index contributed by atoms with van der Waals surface area (Å²) in [5.41, 5.74) is 0.486. The van der Waals surface area contributed by atoms with Crippen molar-refractivity contribution < 1.29 is 13.2 Å². The molecule has 21 heavy (non-hydrogen) atoms. The van der Waals surface area contributed by atoms with Crippen molar-refractivity contribution in [2.24, 2.45) is 0 Å². The summed E-state index contributed by atoms with van der Waals surface area (Å²) in [6.45, 7) is 4.01. The van der Waals surface area contributed by atoms with Gasteiger partial charge in [-0.05, 0) is 37.6 Å². The van der Waals surface area contributed by atoms with Crippen LogP contribution >= 0.6 is 0 Å². The SMILES string of the molecule is CCC(C)Oc1cccc(NS(=O)(=O)c2ccccc2)c1. The molecule has 0 fully saturated rings. The molecule has 0 saturated heterocycles. The lowest BCUT2D eigenvalue weighted by molar-refractivity contribution is 0.217. The van der Waals surface area contributed by atoms with E-state index >= 15 is 0 Å². The summed E-state index contributed by atoms with van der Waals surface area (Å²) >= 11 is 0. The van der Waals surface area contributed by atoms with Crippen molar-refractivity contribution in [1.29, 1.82) is 0 Å². The molecule has 2 aromatic carbocycles. The minimum Gasteiger partial charge on any atom is -0.491 e. The van der Waals surface area contributed by atoms with E-state index in [0.29, 0.717) is 11.4 Å². The Morgan fingerprint density at radius 1 is 1.10 bits per heavy atom. The molecule has 1 N–H and O–H groups in total. The first-order valence-electron chi connectivity index (χ1n) is 6.86. The highest BCUT2D eigenvalue weighted by atomic mass is 32.2. The lowest BCUT2D eigenvalue weighted by atomic mass is 10.3. The van der Waals surface area contributed by atoms with Crippen LogP contribution < -0.4 is 9.46 Å². The average Bonchev–Trinajstić information content (AvgIpc) is 2.48. The molecule has 5 heteroatoms. The van der Waals surface area contributed by atoms with Crippen LogP contribution in [0.2, 0.25) is 0 Å².